The van der Waals surface area contributed by atoms with E-state index in [0.29, 0.717) is 11.1 Å². The number of carbonyl (C=O) groups excluding carboxylic acids is 2. The van der Waals surface area contributed by atoms with Gasteiger partial charge in [-0.3, -0.25) is 9.59 Å². The molecule has 0 aromatic heterocycles. The van der Waals surface area contributed by atoms with Crippen LogP contribution in [0.5, 0.6) is 0 Å². The monoisotopic (exact) mass is 234 g/mol. The molecule has 0 fully saturated rings. The van der Waals surface area contributed by atoms with Gasteiger partial charge in [0.15, 0.2) is 0 Å². The van der Waals surface area contributed by atoms with Crippen molar-refractivity contribution in [2.24, 2.45) is 0 Å². The second-order valence-electron chi connectivity index (χ2n) is 3.64. The predicted octanol–water partition coefficient (Wildman–Crippen LogP) is 2.76. The fourth-order valence-corrected chi connectivity index (χ4v) is 1.44. The SMILES string of the molecule is O=C(C#CC(=O)c1ccccc1)c1ccccc1. The van der Waals surface area contributed by atoms with Crippen LogP contribution in [-0.2, 0) is 0 Å². The number of Topliss-reactive ketones (excluding diaryl/α,β-unsaturated/α-hetero) is 2. The Bertz CT molecular complexity index is 561. The summed E-state index contributed by atoms with van der Waals surface area (Å²) < 4.78 is 0. The van der Waals surface area contributed by atoms with E-state index in [0.717, 1.165) is 0 Å². The van der Waals surface area contributed by atoms with Gasteiger partial charge in [-0.2, -0.15) is 0 Å². The van der Waals surface area contributed by atoms with Crippen LogP contribution in [0.4, 0.5) is 0 Å². The summed E-state index contributed by atoms with van der Waals surface area (Å²) in [5, 5.41) is 0. The van der Waals surface area contributed by atoms with Gasteiger partial charge in [0.1, 0.15) is 0 Å². The van der Waals surface area contributed by atoms with Crippen LogP contribution in [0.25, 0.3) is 0 Å². The van der Waals surface area contributed by atoms with Gasteiger partial charge < -0.3 is 0 Å². The quantitative estimate of drug-likeness (QED) is 0.455. The van der Waals surface area contributed by atoms with Crippen molar-refractivity contribution < 1.29 is 9.59 Å². The molecule has 0 amide bonds. The highest BCUT2D eigenvalue weighted by Gasteiger charge is 2.02. The normalized spacial score (nSPS) is 9.11. The summed E-state index contributed by atoms with van der Waals surface area (Å²) in [7, 11) is 0. The Morgan fingerprint density at radius 1 is 0.611 bits per heavy atom. The van der Waals surface area contributed by atoms with Gasteiger partial charge in [-0.15, -0.1) is 0 Å². The molecule has 2 heteroatoms. The van der Waals surface area contributed by atoms with Crippen LogP contribution in [0.1, 0.15) is 20.7 Å². The zero-order chi connectivity index (χ0) is 12.8. The van der Waals surface area contributed by atoms with Crippen LogP contribution < -0.4 is 0 Å². The zero-order valence-electron chi connectivity index (χ0n) is 9.59. The lowest BCUT2D eigenvalue weighted by atomic mass is 10.1. The average Bonchev–Trinajstić information content (AvgIpc) is 2.46. The molecule has 0 atom stereocenters. The molecule has 0 aliphatic heterocycles. The summed E-state index contributed by atoms with van der Waals surface area (Å²) in [6, 6.07) is 17.4. The van der Waals surface area contributed by atoms with Crippen LogP contribution in [0, 0.1) is 11.8 Å². The Morgan fingerprint density at radius 2 is 0.944 bits per heavy atom. The molecule has 2 rings (SSSR count). The van der Waals surface area contributed by atoms with Gasteiger partial charge in [0.25, 0.3) is 0 Å². The van der Waals surface area contributed by atoms with Gasteiger partial charge in [0.05, 0.1) is 0 Å². The molecule has 0 spiro atoms. The van der Waals surface area contributed by atoms with E-state index < -0.39 is 0 Å². The Labute approximate surface area is 105 Å². The van der Waals surface area contributed by atoms with Crippen molar-refractivity contribution >= 4 is 11.6 Å². The van der Waals surface area contributed by atoms with Crippen LogP contribution in [0.3, 0.4) is 0 Å². The van der Waals surface area contributed by atoms with Crippen LogP contribution in [0.2, 0.25) is 0 Å². The first-order valence-corrected chi connectivity index (χ1v) is 5.48. The van der Waals surface area contributed by atoms with E-state index in [-0.39, 0.29) is 11.6 Å². The first kappa shape index (κ1) is 11.8. The first-order chi connectivity index (χ1) is 8.77. The molecule has 18 heavy (non-hydrogen) atoms. The van der Waals surface area contributed by atoms with Crippen molar-refractivity contribution in [1.29, 1.82) is 0 Å². The largest absolute Gasteiger partial charge is 0.279 e. The van der Waals surface area contributed by atoms with E-state index in [1.54, 1.807) is 48.5 Å². The molecule has 2 aromatic carbocycles. The maximum atomic E-state index is 11.7. The molecule has 86 valence electrons. The molecule has 0 aliphatic rings. The molecule has 0 radical (unpaired) electrons. The molecule has 0 heterocycles. The molecule has 0 N–H and O–H groups in total. The van der Waals surface area contributed by atoms with E-state index in [2.05, 4.69) is 11.8 Å². The van der Waals surface area contributed by atoms with Crippen LogP contribution >= 0.6 is 0 Å². The minimum Gasteiger partial charge on any atom is -0.279 e. The minimum atomic E-state index is -0.347. The van der Waals surface area contributed by atoms with E-state index in [1.165, 1.54) is 0 Å². The zero-order valence-corrected chi connectivity index (χ0v) is 9.59. The smallest absolute Gasteiger partial charge is 0.236 e. The van der Waals surface area contributed by atoms with E-state index in [9.17, 15) is 9.59 Å². The van der Waals surface area contributed by atoms with Crippen molar-refractivity contribution in [3.05, 3.63) is 71.8 Å². The predicted molar refractivity (Wildman–Crippen MR) is 69.3 cm³/mol. The molecular formula is C16H10O2. The van der Waals surface area contributed by atoms with Gasteiger partial charge in [-0.05, 0) is 11.8 Å². The lowest BCUT2D eigenvalue weighted by Crippen LogP contribution is -1.98. The molecule has 0 saturated carbocycles. The summed E-state index contributed by atoms with van der Waals surface area (Å²) in [5.74, 6) is 4.02. The number of carbonyl (C=O) groups is 2. The lowest BCUT2D eigenvalue weighted by molar-refractivity contribution is 0.103. The van der Waals surface area contributed by atoms with Crippen LogP contribution in [0.15, 0.2) is 60.7 Å². The van der Waals surface area contributed by atoms with Crippen molar-refractivity contribution in [3.8, 4) is 11.8 Å². The van der Waals surface area contributed by atoms with Crippen molar-refractivity contribution in [2.45, 2.75) is 0 Å². The lowest BCUT2D eigenvalue weighted by Gasteiger charge is -1.92. The van der Waals surface area contributed by atoms with Gasteiger partial charge in [-0.25, -0.2) is 0 Å². The number of benzene rings is 2. The third kappa shape index (κ3) is 2.93. The van der Waals surface area contributed by atoms with Gasteiger partial charge >= 0.3 is 0 Å². The highest BCUT2D eigenvalue weighted by molar-refractivity contribution is 6.16. The van der Waals surface area contributed by atoms with Crippen molar-refractivity contribution in [1.82, 2.24) is 0 Å². The highest BCUT2D eigenvalue weighted by atomic mass is 16.1. The maximum Gasteiger partial charge on any atom is 0.236 e. The Balaban J connectivity index is 2.14. The van der Waals surface area contributed by atoms with E-state index >= 15 is 0 Å². The molecule has 0 bridgehead atoms. The number of hydrogen-bond donors (Lipinski definition) is 0. The highest BCUT2D eigenvalue weighted by Crippen LogP contribution is 2.00. The van der Waals surface area contributed by atoms with Gasteiger partial charge in [0.2, 0.25) is 11.6 Å². The maximum absolute atomic E-state index is 11.7. The summed E-state index contributed by atoms with van der Waals surface area (Å²) in [6.07, 6.45) is 0. The second kappa shape index (κ2) is 5.60. The van der Waals surface area contributed by atoms with Gasteiger partial charge in [0, 0.05) is 11.1 Å². The van der Waals surface area contributed by atoms with Crippen LogP contribution in [-0.4, -0.2) is 11.6 Å². The minimum absolute atomic E-state index is 0.347. The summed E-state index contributed by atoms with van der Waals surface area (Å²) in [5.41, 5.74) is 0.983. The third-order valence-corrected chi connectivity index (χ3v) is 2.36. The fourth-order valence-electron chi connectivity index (χ4n) is 1.44. The standard InChI is InChI=1S/C16H10O2/c17-15(13-7-3-1-4-8-13)11-12-16(18)14-9-5-2-6-10-14/h1-10H. The topological polar surface area (TPSA) is 34.1 Å². The first-order valence-electron chi connectivity index (χ1n) is 5.48. The number of rotatable bonds is 2. The van der Waals surface area contributed by atoms with E-state index in [1.807, 2.05) is 12.1 Å². The summed E-state index contributed by atoms with van der Waals surface area (Å²) in [4.78, 5) is 23.3. The van der Waals surface area contributed by atoms with E-state index in [4.69, 9.17) is 0 Å². The molecule has 2 nitrogen and oxygen atoms in total. The average molecular weight is 234 g/mol. The van der Waals surface area contributed by atoms with Crippen molar-refractivity contribution in [2.75, 3.05) is 0 Å². The molecular weight excluding hydrogens is 224 g/mol. The number of hydrogen-bond acceptors (Lipinski definition) is 2. The fraction of sp³-hybridized carbons (Fsp3) is 0. The Morgan fingerprint density at radius 3 is 1.28 bits per heavy atom. The Kier molecular flexibility index (Phi) is 3.68. The molecule has 0 unspecified atom stereocenters. The van der Waals surface area contributed by atoms with Crippen molar-refractivity contribution in [3.63, 3.8) is 0 Å². The molecule has 0 saturated heterocycles. The molecule has 0 aliphatic carbocycles. The van der Waals surface area contributed by atoms with Gasteiger partial charge in [-0.1, -0.05) is 60.7 Å². The number of ketones is 2. The third-order valence-electron chi connectivity index (χ3n) is 2.36. The summed E-state index contributed by atoms with van der Waals surface area (Å²) >= 11 is 0. The second-order valence-corrected chi connectivity index (χ2v) is 3.64. The Hall–Kier alpha value is -2.66. The molecule has 2 aromatic rings. The summed E-state index contributed by atoms with van der Waals surface area (Å²) in [6.45, 7) is 0.